The zero-order valence-electron chi connectivity index (χ0n) is 13.2. The number of methoxy groups -OCH3 is 1. The lowest BCUT2D eigenvalue weighted by Crippen LogP contribution is -1.96. The summed E-state index contributed by atoms with van der Waals surface area (Å²) in [5.74, 6) is 0.756. The molecule has 2 aromatic carbocycles. The van der Waals surface area contributed by atoms with Crippen LogP contribution in [0, 0.1) is 6.92 Å². The van der Waals surface area contributed by atoms with Crippen LogP contribution < -0.4 is 4.74 Å². The van der Waals surface area contributed by atoms with Crippen LogP contribution in [-0.2, 0) is 0 Å². The molecule has 1 radical (unpaired) electrons. The highest BCUT2D eigenvalue weighted by molar-refractivity contribution is 7.13. The molecule has 0 bridgehead atoms. The summed E-state index contributed by atoms with van der Waals surface area (Å²) >= 11 is 1.67. The minimum Gasteiger partial charge on any atom is -0.496 e. The Kier molecular flexibility index (Phi) is 3.75. The van der Waals surface area contributed by atoms with E-state index in [4.69, 9.17) is 9.72 Å². The van der Waals surface area contributed by atoms with Gasteiger partial charge in [-0.15, -0.1) is 11.3 Å². The molecular weight excluding hydrogens is 316 g/mol. The van der Waals surface area contributed by atoms with Crippen molar-refractivity contribution < 1.29 is 4.74 Å². The Morgan fingerprint density at radius 2 is 1.92 bits per heavy atom. The molecule has 0 aliphatic heterocycles. The van der Waals surface area contributed by atoms with E-state index in [0.29, 0.717) is 0 Å². The molecule has 4 heteroatoms. The highest BCUT2D eigenvalue weighted by atomic mass is 32.1. The standard InChI is InChI=1S/C20H15N2OS/c1-13-19-16(11-15(20(13)23-2)18-9-6-10-24-18)22-17(12-21-19)14-7-4-3-5-8-14/h3-12H,1H2,2H3. The second kappa shape index (κ2) is 6.06. The Bertz CT molecular complexity index is 995. The third-order valence-corrected chi connectivity index (χ3v) is 4.85. The van der Waals surface area contributed by atoms with Gasteiger partial charge in [-0.3, -0.25) is 4.98 Å². The van der Waals surface area contributed by atoms with Gasteiger partial charge in [-0.05, 0) is 24.4 Å². The topological polar surface area (TPSA) is 35.0 Å². The van der Waals surface area contributed by atoms with Crippen LogP contribution in [0.3, 0.4) is 0 Å². The maximum absolute atomic E-state index is 5.60. The summed E-state index contributed by atoms with van der Waals surface area (Å²) in [7, 11) is 1.67. The second-order valence-corrected chi connectivity index (χ2v) is 6.35. The number of hydrogen-bond acceptors (Lipinski definition) is 4. The summed E-state index contributed by atoms with van der Waals surface area (Å²) in [5.41, 5.74) is 5.27. The molecule has 0 amide bonds. The number of ether oxygens (including phenoxy) is 1. The van der Waals surface area contributed by atoms with Crippen LogP contribution in [0.1, 0.15) is 5.56 Å². The molecule has 0 aliphatic rings. The van der Waals surface area contributed by atoms with Crippen molar-refractivity contribution in [3.63, 3.8) is 0 Å². The van der Waals surface area contributed by atoms with Crippen molar-refractivity contribution in [2.45, 2.75) is 0 Å². The van der Waals surface area contributed by atoms with Gasteiger partial charge >= 0.3 is 0 Å². The average molecular weight is 331 g/mol. The van der Waals surface area contributed by atoms with E-state index in [9.17, 15) is 0 Å². The van der Waals surface area contributed by atoms with E-state index in [-0.39, 0.29) is 0 Å². The van der Waals surface area contributed by atoms with Crippen LogP contribution in [0.5, 0.6) is 5.75 Å². The summed E-state index contributed by atoms with van der Waals surface area (Å²) in [4.78, 5) is 10.5. The van der Waals surface area contributed by atoms with Gasteiger partial charge in [0.2, 0.25) is 0 Å². The van der Waals surface area contributed by atoms with Crippen LogP contribution >= 0.6 is 11.3 Å². The molecule has 4 aromatic rings. The number of nitrogens with zero attached hydrogens (tertiary/aromatic N) is 2. The zero-order valence-corrected chi connectivity index (χ0v) is 14.0. The number of rotatable bonds is 3. The highest BCUT2D eigenvalue weighted by Crippen LogP contribution is 2.39. The normalized spacial score (nSPS) is 10.9. The van der Waals surface area contributed by atoms with E-state index in [0.717, 1.165) is 44.0 Å². The molecular formula is C20H15N2OS. The predicted molar refractivity (Wildman–Crippen MR) is 99.3 cm³/mol. The SMILES string of the molecule is [CH2]c1c(OC)c(-c2cccs2)cc2nc(-c3ccccc3)cnc12. The predicted octanol–water partition coefficient (Wildman–Crippen LogP) is 5.22. The van der Waals surface area contributed by atoms with Crippen LogP contribution in [-0.4, -0.2) is 17.1 Å². The lowest BCUT2D eigenvalue weighted by atomic mass is 10.0. The first-order valence-electron chi connectivity index (χ1n) is 7.57. The third-order valence-electron chi connectivity index (χ3n) is 3.95. The Balaban J connectivity index is 1.97. The minimum absolute atomic E-state index is 0.756. The molecule has 0 spiro atoms. The molecule has 0 atom stereocenters. The quantitative estimate of drug-likeness (QED) is 0.516. The first kappa shape index (κ1) is 14.8. The maximum atomic E-state index is 5.60. The zero-order chi connectivity index (χ0) is 16.5. The van der Waals surface area contributed by atoms with Gasteiger partial charge in [-0.2, -0.15) is 0 Å². The summed E-state index contributed by atoms with van der Waals surface area (Å²) in [6.45, 7) is 4.17. The molecule has 0 aliphatic carbocycles. The van der Waals surface area contributed by atoms with Crippen molar-refractivity contribution in [2.75, 3.05) is 7.11 Å². The smallest absolute Gasteiger partial charge is 0.133 e. The molecule has 24 heavy (non-hydrogen) atoms. The molecule has 2 aromatic heterocycles. The van der Waals surface area contributed by atoms with Gasteiger partial charge in [0.1, 0.15) is 5.75 Å². The van der Waals surface area contributed by atoms with Crippen molar-refractivity contribution in [1.82, 2.24) is 9.97 Å². The summed E-state index contributed by atoms with van der Waals surface area (Å²) in [6.07, 6.45) is 1.79. The number of benzene rings is 2. The largest absolute Gasteiger partial charge is 0.496 e. The average Bonchev–Trinajstić information content (AvgIpc) is 3.16. The van der Waals surface area contributed by atoms with Crippen LogP contribution in [0.25, 0.3) is 32.7 Å². The molecule has 0 N–H and O–H groups in total. The lowest BCUT2D eigenvalue weighted by Gasteiger charge is -2.13. The number of thiophene rings is 1. The molecule has 0 saturated heterocycles. The van der Waals surface area contributed by atoms with Crippen LogP contribution in [0.2, 0.25) is 0 Å². The first-order valence-corrected chi connectivity index (χ1v) is 8.45. The Morgan fingerprint density at radius 1 is 1.08 bits per heavy atom. The fourth-order valence-corrected chi connectivity index (χ4v) is 3.54. The minimum atomic E-state index is 0.756. The van der Waals surface area contributed by atoms with E-state index in [1.54, 1.807) is 24.6 Å². The first-order chi connectivity index (χ1) is 11.8. The van der Waals surface area contributed by atoms with Crippen LogP contribution in [0.15, 0.2) is 60.1 Å². The maximum Gasteiger partial charge on any atom is 0.133 e. The van der Waals surface area contributed by atoms with Crippen LogP contribution in [0.4, 0.5) is 0 Å². The van der Waals surface area contributed by atoms with Gasteiger partial charge in [-0.25, -0.2) is 4.98 Å². The van der Waals surface area contributed by atoms with Crippen molar-refractivity contribution in [3.8, 4) is 27.4 Å². The van der Waals surface area contributed by atoms with E-state index >= 15 is 0 Å². The highest BCUT2D eigenvalue weighted by Gasteiger charge is 2.16. The molecule has 0 saturated carbocycles. The summed E-state index contributed by atoms with van der Waals surface area (Å²) in [6, 6.07) is 16.2. The van der Waals surface area contributed by atoms with Gasteiger partial charge < -0.3 is 4.74 Å². The van der Waals surface area contributed by atoms with E-state index in [1.165, 1.54) is 0 Å². The third kappa shape index (κ3) is 2.45. The molecule has 117 valence electrons. The molecule has 2 heterocycles. The van der Waals surface area contributed by atoms with Crippen molar-refractivity contribution in [2.24, 2.45) is 0 Å². The molecule has 4 rings (SSSR count). The summed E-state index contributed by atoms with van der Waals surface area (Å²) in [5, 5.41) is 2.05. The van der Waals surface area contributed by atoms with E-state index in [2.05, 4.69) is 18.0 Å². The fraction of sp³-hybridized carbons (Fsp3) is 0.0500. The fourth-order valence-electron chi connectivity index (χ4n) is 2.80. The lowest BCUT2D eigenvalue weighted by molar-refractivity contribution is 0.415. The van der Waals surface area contributed by atoms with E-state index < -0.39 is 0 Å². The van der Waals surface area contributed by atoms with Crippen molar-refractivity contribution in [1.29, 1.82) is 0 Å². The van der Waals surface area contributed by atoms with Gasteiger partial charge in [-0.1, -0.05) is 36.4 Å². The second-order valence-electron chi connectivity index (χ2n) is 5.40. The van der Waals surface area contributed by atoms with Crippen molar-refractivity contribution >= 4 is 22.4 Å². The number of hydrogen-bond donors (Lipinski definition) is 0. The molecule has 0 unspecified atom stereocenters. The number of aromatic nitrogens is 2. The Hall–Kier alpha value is -2.72. The van der Waals surface area contributed by atoms with Gasteiger partial charge in [0.15, 0.2) is 0 Å². The number of fused-ring (bicyclic) bond motifs is 1. The summed E-state index contributed by atoms with van der Waals surface area (Å²) < 4.78 is 5.60. The Labute approximate surface area is 144 Å². The Morgan fingerprint density at radius 3 is 2.62 bits per heavy atom. The van der Waals surface area contributed by atoms with Gasteiger partial charge in [0, 0.05) is 21.6 Å². The van der Waals surface area contributed by atoms with E-state index in [1.807, 2.05) is 47.8 Å². The van der Waals surface area contributed by atoms with Gasteiger partial charge in [0.25, 0.3) is 0 Å². The van der Waals surface area contributed by atoms with Crippen molar-refractivity contribution in [3.05, 3.63) is 72.6 Å². The molecule has 0 fully saturated rings. The monoisotopic (exact) mass is 331 g/mol. The van der Waals surface area contributed by atoms with Gasteiger partial charge in [0.05, 0.1) is 30.0 Å². The molecule has 3 nitrogen and oxygen atoms in total.